The number of rotatable bonds is 5. The fraction of sp³-hybridized carbons (Fsp3) is 0.357. The van der Waals surface area contributed by atoms with E-state index in [9.17, 15) is 9.59 Å². The maximum atomic E-state index is 12.1. The largest absolute Gasteiger partial charge is 0.325 e. The normalized spacial score (nSPS) is 12.0. The molecule has 0 fully saturated rings. The van der Waals surface area contributed by atoms with E-state index in [1.165, 1.54) is 11.8 Å². The van der Waals surface area contributed by atoms with Crippen LogP contribution in [0.1, 0.15) is 26.8 Å². The van der Waals surface area contributed by atoms with Gasteiger partial charge in [-0.05, 0) is 43.3 Å². The average Bonchev–Trinajstić information content (AvgIpc) is 2.96. The number of hydrogen-bond donors (Lipinski definition) is 2. The van der Waals surface area contributed by atoms with Crippen LogP contribution in [-0.2, 0) is 4.79 Å². The quantitative estimate of drug-likeness (QED) is 0.812. The number of para-hydroxylation sites is 1. The van der Waals surface area contributed by atoms with Crippen LogP contribution in [0.25, 0.3) is 0 Å². The van der Waals surface area contributed by atoms with Crippen LogP contribution in [0.4, 0.5) is 10.5 Å². The number of carbonyl (C=O) groups is 2. The summed E-state index contributed by atoms with van der Waals surface area (Å²) < 4.78 is 1.62. The highest BCUT2D eigenvalue weighted by Gasteiger charge is 2.21. The molecular formula is C14H18N6O2S. The molecule has 23 heavy (non-hydrogen) atoms. The van der Waals surface area contributed by atoms with Gasteiger partial charge in [0.05, 0.1) is 11.3 Å². The van der Waals surface area contributed by atoms with Crippen LogP contribution >= 0.6 is 11.8 Å². The smallest absolute Gasteiger partial charge is 0.308 e. The number of urea groups is 1. The molecule has 1 aromatic carbocycles. The summed E-state index contributed by atoms with van der Waals surface area (Å²) in [6.45, 7) is 5.58. The number of benzene rings is 1. The molecule has 2 aromatic rings. The lowest BCUT2D eigenvalue weighted by atomic mass is 10.3. The van der Waals surface area contributed by atoms with Gasteiger partial charge in [-0.3, -0.25) is 10.1 Å². The molecule has 8 nitrogen and oxygen atoms in total. The number of nitrogens with zero attached hydrogens (tertiary/aromatic N) is 4. The van der Waals surface area contributed by atoms with Gasteiger partial charge in [-0.1, -0.05) is 30.0 Å². The second-order valence-electron chi connectivity index (χ2n) is 5.07. The van der Waals surface area contributed by atoms with E-state index < -0.39 is 17.2 Å². The van der Waals surface area contributed by atoms with E-state index in [0.29, 0.717) is 10.8 Å². The summed E-state index contributed by atoms with van der Waals surface area (Å²) in [5.41, 5.74) is 0.613. The Bertz CT molecular complexity index is 673. The van der Waals surface area contributed by atoms with Gasteiger partial charge in [0, 0.05) is 5.69 Å². The van der Waals surface area contributed by atoms with Crippen LogP contribution in [0.5, 0.6) is 0 Å². The predicted octanol–water partition coefficient (Wildman–Crippen LogP) is 2.08. The van der Waals surface area contributed by atoms with Crippen LogP contribution < -0.4 is 10.6 Å². The summed E-state index contributed by atoms with van der Waals surface area (Å²) in [6.07, 6.45) is 0. The molecule has 9 heteroatoms. The van der Waals surface area contributed by atoms with Crippen molar-refractivity contribution in [3.63, 3.8) is 0 Å². The Morgan fingerprint density at radius 3 is 2.52 bits per heavy atom. The Hall–Kier alpha value is -2.42. The topological polar surface area (TPSA) is 102 Å². The zero-order valence-corrected chi connectivity index (χ0v) is 13.9. The lowest BCUT2D eigenvalue weighted by Crippen LogP contribution is -2.39. The van der Waals surface area contributed by atoms with Crippen molar-refractivity contribution < 1.29 is 9.59 Å². The molecule has 1 unspecified atom stereocenters. The number of hydrogen-bond acceptors (Lipinski definition) is 6. The van der Waals surface area contributed by atoms with Crippen molar-refractivity contribution in [2.75, 3.05) is 5.32 Å². The van der Waals surface area contributed by atoms with Crippen LogP contribution in [-0.4, -0.2) is 37.4 Å². The second-order valence-corrected chi connectivity index (χ2v) is 6.38. The molecule has 0 aliphatic rings. The number of nitrogens with one attached hydrogen (secondary N) is 2. The number of carbonyl (C=O) groups excluding carboxylic acids is 2. The maximum absolute atomic E-state index is 12.1. The van der Waals surface area contributed by atoms with Gasteiger partial charge in [0.2, 0.25) is 11.1 Å². The standard InChI is InChI=1S/C14H18N6O2S/c1-9(2)20-14(17-18-19-20)23-10(3)12(21)16-13(22)15-11-7-5-4-6-8-11/h4-10H,1-3H3,(H2,15,16,21,22). The molecule has 0 saturated heterocycles. The van der Waals surface area contributed by atoms with Crippen LogP contribution in [0.15, 0.2) is 35.5 Å². The third kappa shape index (κ3) is 4.78. The number of imide groups is 1. The molecule has 3 amide bonds. The minimum absolute atomic E-state index is 0.0872. The Balaban J connectivity index is 1.89. The fourth-order valence-corrected chi connectivity index (χ4v) is 2.62. The molecule has 0 aliphatic carbocycles. The first-order valence-electron chi connectivity index (χ1n) is 7.08. The van der Waals surface area contributed by atoms with Gasteiger partial charge in [0.25, 0.3) is 0 Å². The summed E-state index contributed by atoms with van der Waals surface area (Å²) in [5, 5.41) is 16.3. The summed E-state index contributed by atoms with van der Waals surface area (Å²) in [7, 11) is 0. The lowest BCUT2D eigenvalue weighted by molar-refractivity contribution is -0.119. The summed E-state index contributed by atoms with van der Waals surface area (Å²) >= 11 is 1.20. The minimum atomic E-state index is -0.572. The highest BCUT2D eigenvalue weighted by atomic mass is 32.2. The first-order chi connectivity index (χ1) is 11.0. The second kappa shape index (κ2) is 7.73. The number of aromatic nitrogens is 4. The van der Waals surface area contributed by atoms with Crippen LogP contribution in [0.2, 0.25) is 0 Å². The average molecular weight is 334 g/mol. The number of thioether (sulfide) groups is 1. The number of anilines is 1. The molecule has 0 bridgehead atoms. The molecule has 122 valence electrons. The Labute approximate surface area is 138 Å². The molecule has 1 atom stereocenters. The number of amides is 3. The van der Waals surface area contributed by atoms with Crippen LogP contribution in [0, 0.1) is 0 Å². The Morgan fingerprint density at radius 2 is 1.87 bits per heavy atom. The molecule has 1 heterocycles. The van der Waals surface area contributed by atoms with E-state index in [-0.39, 0.29) is 6.04 Å². The van der Waals surface area contributed by atoms with Gasteiger partial charge in [0.1, 0.15) is 0 Å². The van der Waals surface area contributed by atoms with Crippen molar-refractivity contribution in [2.24, 2.45) is 0 Å². The first kappa shape index (κ1) is 16.9. The van der Waals surface area contributed by atoms with E-state index in [1.54, 1.807) is 35.9 Å². The molecule has 1 aromatic heterocycles. The highest BCUT2D eigenvalue weighted by molar-refractivity contribution is 8.00. The summed E-state index contributed by atoms with van der Waals surface area (Å²) in [6, 6.07) is 8.41. The zero-order chi connectivity index (χ0) is 16.8. The van der Waals surface area contributed by atoms with E-state index in [4.69, 9.17) is 0 Å². The third-order valence-corrected chi connectivity index (χ3v) is 3.92. The van der Waals surface area contributed by atoms with Gasteiger partial charge < -0.3 is 5.32 Å². The lowest BCUT2D eigenvalue weighted by Gasteiger charge is -2.12. The highest BCUT2D eigenvalue weighted by Crippen LogP contribution is 2.22. The fourth-order valence-electron chi connectivity index (χ4n) is 1.70. The number of tetrazole rings is 1. The van der Waals surface area contributed by atoms with Crippen LogP contribution in [0.3, 0.4) is 0 Å². The Morgan fingerprint density at radius 1 is 1.17 bits per heavy atom. The third-order valence-electron chi connectivity index (χ3n) is 2.87. The van der Waals surface area contributed by atoms with E-state index in [0.717, 1.165) is 0 Å². The van der Waals surface area contributed by atoms with Gasteiger partial charge in [-0.2, -0.15) is 0 Å². The van der Waals surface area contributed by atoms with Gasteiger partial charge in [-0.15, -0.1) is 5.10 Å². The maximum Gasteiger partial charge on any atom is 0.325 e. The van der Waals surface area contributed by atoms with Gasteiger partial charge in [0.15, 0.2) is 0 Å². The molecule has 0 radical (unpaired) electrons. The monoisotopic (exact) mass is 334 g/mol. The Kier molecular flexibility index (Phi) is 5.69. The molecule has 2 N–H and O–H groups in total. The van der Waals surface area contributed by atoms with E-state index >= 15 is 0 Å². The van der Waals surface area contributed by atoms with Crippen molar-refractivity contribution in [3.05, 3.63) is 30.3 Å². The van der Waals surface area contributed by atoms with Crippen molar-refractivity contribution in [2.45, 2.75) is 37.2 Å². The van der Waals surface area contributed by atoms with Crippen molar-refractivity contribution in [3.8, 4) is 0 Å². The summed E-state index contributed by atoms with van der Waals surface area (Å²) in [5.74, 6) is -0.415. The molecule has 0 aliphatic heterocycles. The zero-order valence-electron chi connectivity index (χ0n) is 13.1. The molecule has 2 rings (SSSR count). The first-order valence-corrected chi connectivity index (χ1v) is 7.96. The van der Waals surface area contributed by atoms with Crippen molar-refractivity contribution in [1.82, 2.24) is 25.5 Å². The predicted molar refractivity (Wildman–Crippen MR) is 87.1 cm³/mol. The van der Waals surface area contributed by atoms with Gasteiger partial charge >= 0.3 is 6.03 Å². The molecular weight excluding hydrogens is 316 g/mol. The van der Waals surface area contributed by atoms with Gasteiger partial charge in [-0.25, -0.2) is 9.48 Å². The van der Waals surface area contributed by atoms with E-state index in [2.05, 4.69) is 26.2 Å². The van der Waals surface area contributed by atoms with Crippen molar-refractivity contribution >= 4 is 29.4 Å². The minimum Gasteiger partial charge on any atom is -0.308 e. The molecule has 0 saturated carbocycles. The van der Waals surface area contributed by atoms with E-state index in [1.807, 2.05) is 19.9 Å². The SMILES string of the molecule is CC(Sc1nnnn1C(C)C)C(=O)NC(=O)Nc1ccccc1. The van der Waals surface area contributed by atoms with Crippen molar-refractivity contribution in [1.29, 1.82) is 0 Å². The molecule has 0 spiro atoms. The summed E-state index contributed by atoms with van der Waals surface area (Å²) in [4.78, 5) is 23.9.